The fraction of sp³-hybridized carbons (Fsp3) is 0.440. The summed E-state index contributed by atoms with van der Waals surface area (Å²) in [5.74, 6) is -0.289. The van der Waals surface area contributed by atoms with Crippen molar-refractivity contribution >= 4 is 17.7 Å². The van der Waals surface area contributed by atoms with Gasteiger partial charge in [-0.3, -0.25) is 19.5 Å². The number of amides is 3. The first-order valence-electron chi connectivity index (χ1n) is 11.5. The Morgan fingerprint density at radius 3 is 2.62 bits per heavy atom. The lowest BCUT2D eigenvalue weighted by Gasteiger charge is -2.46. The Morgan fingerprint density at radius 1 is 1.03 bits per heavy atom. The van der Waals surface area contributed by atoms with Gasteiger partial charge < -0.3 is 10.2 Å². The van der Waals surface area contributed by atoms with E-state index in [1.165, 1.54) is 22.4 Å². The Morgan fingerprint density at radius 2 is 1.81 bits per heavy atom. The van der Waals surface area contributed by atoms with Gasteiger partial charge in [-0.1, -0.05) is 12.1 Å². The Bertz CT molecular complexity index is 1040. The van der Waals surface area contributed by atoms with E-state index in [0.717, 1.165) is 44.2 Å². The number of pyridine rings is 1. The predicted octanol–water partition coefficient (Wildman–Crippen LogP) is 2.73. The van der Waals surface area contributed by atoms with E-state index in [4.69, 9.17) is 0 Å². The van der Waals surface area contributed by atoms with E-state index < -0.39 is 6.04 Å². The normalized spacial score (nSPS) is 23.0. The molecule has 2 unspecified atom stereocenters. The number of fused-ring (bicyclic) bond motifs is 2. The van der Waals surface area contributed by atoms with E-state index in [9.17, 15) is 14.4 Å². The highest BCUT2D eigenvalue weighted by molar-refractivity contribution is 6.04. The van der Waals surface area contributed by atoms with Crippen molar-refractivity contribution in [1.82, 2.24) is 20.1 Å². The number of piperidine rings is 1. The minimum Gasteiger partial charge on any atom is -0.311 e. The lowest BCUT2D eigenvalue weighted by Crippen LogP contribution is -2.69. The number of carbonyl (C=O) groups is 3. The van der Waals surface area contributed by atoms with Crippen LogP contribution in [0.5, 0.6) is 0 Å². The molecule has 1 aromatic carbocycles. The molecular weight excluding hydrogens is 404 g/mol. The van der Waals surface area contributed by atoms with Crippen LogP contribution in [0.2, 0.25) is 0 Å². The van der Waals surface area contributed by atoms with Crippen LogP contribution in [0.15, 0.2) is 42.7 Å². The van der Waals surface area contributed by atoms with Gasteiger partial charge in [0, 0.05) is 18.0 Å². The Balaban J connectivity index is 1.40. The minimum atomic E-state index is -0.473. The van der Waals surface area contributed by atoms with Gasteiger partial charge in [0.25, 0.3) is 0 Å². The highest BCUT2D eigenvalue weighted by Crippen LogP contribution is 2.27. The summed E-state index contributed by atoms with van der Waals surface area (Å²) >= 11 is 0. The highest BCUT2D eigenvalue weighted by atomic mass is 16.2. The molecule has 2 fully saturated rings. The molecule has 0 spiro atoms. The topological polar surface area (TPSA) is 82.6 Å². The molecule has 2 saturated heterocycles. The lowest BCUT2D eigenvalue weighted by atomic mass is 9.89. The third-order valence-electron chi connectivity index (χ3n) is 6.91. The van der Waals surface area contributed by atoms with Crippen molar-refractivity contribution in [3.8, 4) is 0 Å². The molecule has 0 radical (unpaired) electrons. The van der Waals surface area contributed by atoms with E-state index in [1.54, 1.807) is 29.4 Å². The van der Waals surface area contributed by atoms with Gasteiger partial charge in [-0.2, -0.15) is 0 Å². The van der Waals surface area contributed by atoms with Crippen LogP contribution >= 0.6 is 0 Å². The number of benzene rings is 1. The van der Waals surface area contributed by atoms with Crippen LogP contribution in [0, 0.1) is 0 Å². The zero-order valence-electron chi connectivity index (χ0n) is 18.1. The molecule has 3 aliphatic rings. The molecule has 7 nitrogen and oxygen atoms in total. The first-order valence-corrected chi connectivity index (χ1v) is 11.5. The quantitative estimate of drug-likeness (QED) is 0.735. The highest BCUT2D eigenvalue weighted by Gasteiger charge is 2.47. The van der Waals surface area contributed by atoms with Crippen molar-refractivity contribution in [2.24, 2.45) is 0 Å². The molecule has 32 heavy (non-hydrogen) atoms. The summed E-state index contributed by atoms with van der Waals surface area (Å²) < 4.78 is 0. The van der Waals surface area contributed by atoms with E-state index in [2.05, 4.69) is 16.4 Å². The summed E-state index contributed by atoms with van der Waals surface area (Å²) in [5, 5.41) is 3.28. The van der Waals surface area contributed by atoms with Crippen LogP contribution in [0.25, 0.3) is 0 Å². The third-order valence-corrected chi connectivity index (χ3v) is 6.91. The van der Waals surface area contributed by atoms with Gasteiger partial charge >= 0.3 is 6.03 Å². The lowest BCUT2D eigenvalue weighted by molar-refractivity contribution is -0.137. The van der Waals surface area contributed by atoms with E-state index >= 15 is 0 Å². The van der Waals surface area contributed by atoms with Crippen molar-refractivity contribution in [3.05, 3.63) is 65.0 Å². The number of ketones is 1. The average Bonchev–Trinajstić information content (AvgIpc) is 2.84. The Kier molecular flexibility index (Phi) is 5.74. The predicted molar refractivity (Wildman–Crippen MR) is 119 cm³/mol. The van der Waals surface area contributed by atoms with Gasteiger partial charge in [-0.05, 0) is 80.0 Å². The molecule has 5 rings (SSSR count). The fourth-order valence-electron chi connectivity index (χ4n) is 5.17. The maximum absolute atomic E-state index is 13.4. The zero-order valence-corrected chi connectivity index (χ0v) is 18.1. The summed E-state index contributed by atoms with van der Waals surface area (Å²) in [6, 6.07) is 8.39. The van der Waals surface area contributed by atoms with Gasteiger partial charge in [0.2, 0.25) is 5.91 Å². The van der Waals surface area contributed by atoms with Gasteiger partial charge in [0.05, 0.1) is 19.1 Å². The molecule has 7 heteroatoms. The summed E-state index contributed by atoms with van der Waals surface area (Å²) in [5.41, 5.74) is 4.06. The maximum Gasteiger partial charge on any atom is 0.327 e. The summed E-state index contributed by atoms with van der Waals surface area (Å²) in [6.07, 6.45) is 9.29. The number of hydrogen-bond donors (Lipinski definition) is 1. The summed E-state index contributed by atoms with van der Waals surface area (Å²) in [4.78, 5) is 46.7. The van der Waals surface area contributed by atoms with Crippen LogP contribution in [-0.4, -0.2) is 57.7 Å². The van der Waals surface area contributed by atoms with Crippen molar-refractivity contribution < 1.29 is 14.4 Å². The molecule has 1 N–H and O–H groups in total. The molecule has 0 saturated carbocycles. The number of nitrogens with zero attached hydrogens (tertiary/aromatic N) is 3. The number of rotatable bonds is 5. The van der Waals surface area contributed by atoms with Crippen molar-refractivity contribution in [2.75, 3.05) is 13.1 Å². The minimum absolute atomic E-state index is 0.0133. The van der Waals surface area contributed by atoms with Gasteiger partial charge in [0.1, 0.15) is 6.04 Å². The SMILES string of the molecule is O=C(CN1C(=O)N(Cc2ccncc2)C(=O)C2NCCCC21)c1ccc2c(c1)CCCC2. The standard InChI is InChI=1S/C25H28N4O3/c30-22(20-8-7-18-4-1-2-5-19(18)14-20)16-28-21-6-3-11-27-23(21)24(31)29(25(28)32)15-17-9-12-26-13-10-17/h7-10,12-14,21,23,27H,1-6,11,15-16H2. The monoisotopic (exact) mass is 432 g/mol. The van der Waals surface area contributed by atoms with Crippen molar-refractivity contribution in [3.63, 3.8) is 0 Å². The van der Waals surface area contributed by atoms with Gasteiger partial charge in [0.15, 0.2) is 5.78 Å². The smallest absolute Gasteiger partial charge is 0.311 e. The van der Waals surface area contributed by atoms with Gasteiger partial charge in [-0.15, -0.1) is 0 Å². The number of urea groups is 1. The van der Waals surface area contributed by atoms with Crippen LogP contribution in [-0.2, 0) is 24.2 Å². The first-order chi connectivity index (χ1) is 15.6. The number of imide groups is 1. The molecular formula is C25H28N4O3. The molecule has 2 atom stereocenters. The second-order valence-electron chi connectivity index (χ2n) is 8.95. The van der Waals surface area contributed by atoms with E-state index in [0.29, 0.717) is 5.56 Å². The average molecular weight is 433 g/mol. The molecule has 0 bridgehead atoms. The molecule has 3 amide bonds. The van der Waals surface area contributed by atoms with Crippen molar-refractivity contribution in [2.45, 2.75) is 57.2 Å². The van der Waals surface area contributed by atoms with Crippen LogP contribution in [0.3, 0.4) is 0 Å². The van der Waals surface area contributed by atoms with Crippen LogP contribution < -0.4 is 5.32 Å². The van der Waals surface area contributed by atoms with Gasteiger partial charge in [-0.25, -0.2) is 4.79 Å². The third kappa shape index (κ3) is 3.93. The van der Waals surface area contributed by atoms with Crippen molar-refractivity contribution in [1.29, 1.82) is 0 Å². The number of Topliss-reactive ketones (excluding diaryl/α,β-unsaturated/α-hetero) is 1. The van der Waals surface area contributed by atoms with E-state index in [1.807, 2.05) is 12.1 Å². The largest absolute Gasteiger partial charge is 0.327 e. The summed E-state index contributed by atoms with van der Waals surface area (Å²) in [6.45, 7) is 0.895. The maximum atomic E-state index is 13.4. The van der Waals surface area contributed by atoms with E-state index in [-0.39, 0.29) is 36.9 Å². The Labute approximate surface area is 187 Å². The summed E-state index contributed by atoms with van der Waals surface area (Å²) in [7, 11) is 0. The molecule has 166 valence electrons. The number of nitrogens with one attached hydrogen (secondary N) is 1. The Hall–Kier alpha value is -3.06. The first kappa shape index (κ1) is 20.8. The molecule has 3 heterocycles. The molecule has 1 aromatic heterocycles. The number of hydrogen-bond acceptors (Lipinski definition) is 5. The fourth-order valence-corrected chi connectivity index (χ4v) is 5.17. The number of aryl methyl sites for hydroxylation is 2. The van der Waals surface area contributed by atoms with Crippen LogP contribution in [0.4, 0.5) is 4.79 Å². The number of aromatic nitrogens is 1. The molecule has 2 aliphatic heterocycles. The molecule has 2 aromatic rings. The second-order valence-corrected chi connectivity index (χ2v) is 8.95. The second kappa shape index (κ2) is 8.82. The molecule has 1 aliphatic carbocycles. The number of carbonyl (C=O) groups excluding carboxylic acids is 3. The van der Waals surface area contributed by atoms with Crippen LogP contribution in [0.1, 0.15) is 52.7 Å². The zero-order chi connectivity index (χ0) is 22.1.